The molecule has 0 aliphatic rings. The molecule has 0 saturated carbocycles. The van der Waals surface area contributed by atoms with Crippen molar-refractivity contribution in [3.8, 4) is 0 Å². The summed E-state index contributed by atoms with van der Waals surface area (Å²) in [5, 5.41) is 11.7. The maximum Gasteiger partial charge on any atom is 0.131 e. The highest BCUT2D eigenvalue weighted by Crippen LogP contribution is 2.35. The largest absolute Gasteiger partial charge is 0.549 e. The van der Waals surface area contributed by atoms with Gasteiger partial charge in [-0.15, -0.1) is 23.1 Å². The summed E-state index contributed by atoms with van der Waals surface area (Å²) in [6.45, 7) is 4.09. The molecule has 0 atom stereocenters. The van der Waals surface area contributed by atoms with Crippen molar-refractivity contribution >= 4 is 50.3 Å². The number of benzene rings is 2. The SMILES string of the molecule is Cc1ccc(C)c(/C=C(\SCC(=O)[O-])c2nc3ccccc3s2)c1. The minimum absolute atomic E-state index is 0.0907. The van der Waals surface area contributed by atoms with Gasteiger partial charge >= 0.3 is 0 Å². The zero-order chi connectivity index (χ0) is 17.1. The van der Waals surface area contributed by atoms with Crippen molar-refractivity contribution in [3.63, 3.8) is 0 Å². The summed E-state index contributed by atoms with van der Waals surface area (Å²) < 4.78 is 1.09. The molecule has 0 aliphatic heterocycles. The standard InChI is InChI=1S/C19H17NO2S2/c1-12-7-8-13(2)14(9-12)10-17(23-11-18(21)22)19-20-15-5-3-4-6-16(15)24-19/h3-10H,11H2,1-2H3,(H,21,22)/p-1/b17-10-. The summed E-state index contributed by atoms with van der Waals surface area (Å²) in [6.07, 6.45) is 2.02. The van der Waals surface area contributed by atoms with Crippen LogP contribution in [-0.4, -0.2) is 16.7 Å². The Labute approximate surface area is 149 Å². The normalized spacial score (nSPS) is 11.8. The summed E-state index contributed by atoms with van der Waals surface area (Å²) in [7, 11) is 0. The van der Waals surface area contributed by atoms with Gasteiger partial charge in [-0.2, -0.15) is 0 Å². The fraction of sp³-hybridized carbons (Fsp3) is 0.158. The molecule has 2 aromatic carbocycles. The van der Waals surface area contributed by atoms with E-state index < -0.39 is 5.97 Å². The van der Waals surface area contributed by atoms with Gasteiger partial charge in [-0.05, 0) is 43.2 Å². The number of aryl methyl sites for hydroxylation is 2. The van der Waals surface area contributed by atoms with Gasteiger partial charge in [0.15, 0.2) is 0 Å². The Morgan fingerprint density at radius 2 is 2.04 bits per heavy atom. The Kier molecular flexibility index (Phi) is 5.02. The van der Waals surface area contributed by atoms with Gasteiger partial charge in [0.05, 0.1) is 16.2 Å². The van der Waals surface area contributed by atoms with Crippen LogP contribution in [-0.2, 0) is 4.79 Å². The minimum Gasteiger partial charge on any atom is -0.549 e. The number of carbonyl (C=O) groups excluding carboxylic acids is 1. The molecule has 0 amide bonds. The number of aromatic nitrogens is 1. The third-order valence-electron chi connectivity index (χ3n) is 3.57. The van der Waals surface area contributed by atoms with E-state index in [-0.39, 0.29) is 5.75 Å². The lowest BCUT2D eigenvalue weighted by Crippen LogP contribution is -2.24. The average molecular weight is 354 g/mol. The maximum atomic E-state index is 10.9. The Hall–Kier alpha value is -2.11. The number of fused-ring (bicyclic) bond motifs is 1. The van der Waals surface area contributed by atoms with E-state index in [2.05, 4.69) is 23.2 Å². The Morgan fingerprint density at radius 3 is 2.79 bits per heavy atom. The number of rotatable bonds is 5. The van der Waals surface area contributed by atoms with Gasteiger partial charge < -0.3 is 9.90 Å². The molecular formula is C19H16NO2S2-. The van der Waals surface area contributed by atoms with Crippen LogP contribution in [0.3, 0.4) is 0 Å². The Morgan fingerprint density at radius 1 is 1.25 bits per heavy atom. The second-order valence-electron chi connectivity index (χ2n) is 5.52. The number of carbonyl (C=O) groups is 1. The first kappa shape index (κ1) is 16.7. The molecule has 0 unspecified atom stereocenters. The Balaban J connectivity index is 2.06. The fourth-order valence-corrected chi connectivity index (χ4v) is 4.17. The number of thiazole rings is 1. The minimum atomic E-state index is -1.08. The summed E-state index contributed by atoms with van der Waals surface area (Å²) in [5.74, 6) is -1.17. The van der Waals surface area contributed by atoms with Crippen molar-refractivity contribution in [3.05, 3.63) is 64.2 Å². The van der Waals surface area contributed by atoms with Gasteiger partial charge in [-0.1, -0.05) is 35.9 Å². The highest BCUT2D eigenvalue weighted by atomic mass is 32.2. The number of nitrogens with zero attached hydrogens (tertiary/aromatic N) is 1. The van der Waals surface area contributed by atoms with E-state index in [9.17, 15) is 9.90 Å². The monoisotopic (exact) mass is 354 g/mol. The molecule has 5 heteroatoms. The van der Waals surface area contributed by atoms with Crippen molar-refractivity contribution < 1.29 is 9.90 Å². The molecule has 0 radical (unpaired) electrons. The van der Waals surface area contributed by atoms with Crippen LogP contribution in [0.5, 0.6) is 0 Å². The number of hydrogen-bond donors (Lipinski definition) is 0. The number of carboxylic acids is 1. The van der Waals surface area contributed by atoms with E-state index in [0.717, 1.165) is 31.3 Å². The highest BCUT2D eigenvalue weighted by molar-refractivity contribution is 8.09. The second kappa shape index (κ2) is 7.20. The first-order chi connectivity index (χ1) is 11.5. The Bertz CT molecular complexity index is 895. The third kappa shape index (κ3) is 3.86. The quantitative estimate of drug-likeness (QED) is 0.697. The van der Waals surface area contributed by atoms with Gasteiger partial charge in [-0.3, -0.25) is 0 Å². The van der Waals surface area contributed by atoms with Crippen LogP contribution >= 0.6 is 23.1 Å². The average Bonchev–Trinajstić information content (AvgIpc) is 2.98. The lowest BCUT2D eigenvalue weighted by Gasteiger charge is -2.08. The second-order valence-corrected chi connectivity index (χ2v) is 7.56. The molecule has 0 fully saturated rings. The molecule has 1 aromatic heterocycles. The molecule has 24 heavy (non-hydrogen) atoms. The van der Waals surface area contributed by atoms with E-state index in [0.29, 0.717) is 0 Å². The smallest absolute Gasteiger partial charge is 0.131 e. The van der Waals surface area contributed by atoms with E-state index in [1.807, 2.05) is 44.2 Å². The topological polar surface area (TPSA) is 53.0 Å². The van der Waals surface area contributed by atoms with Gasteiger partial charge in [0.1, 0.15) is 5.01 Å². The first-order valence-electron chi connectivity index (χ1n) is 7.50. The third-order valence-corrected chi connectivity index (χ3v) is 5.77. The fourth-order valence-electron chi connectivity index (χ4n) is 2.34. The molecular weight excluding hydrogens is 338 g/mol. The van der Waals surface area contributed by atoms with Gasteiger partial charge in [-0.25, -0.2) is 4.98 Å². The number of thioether (sulfide) groups is 1. The van der Waals surface area contributed by atoms with Crippen molar-refractivity contribution in [1.29, 1.82) is 0 Å². The van der Waals surface area contributed by atoms with E-state index in [1.165, 1.54) is 17.3 Å². The van der Waals surface area contributed by atoms with Crippen LogP contribution in [0.2, 0.25) is 0 Å². The molecule has 0 bridgehead atoms. The molecule has 0 N–H and O–H groups in total. The maximum absolute atomic E-state index is 10.9. The molecule has 0 aliphatic carbocycles. The van der Waals surface area contributed by atoms with Crippen LogP contribution < -0.4 is 5.11 Å². The number of aliphatic carboxylic acids is 1. The highest BCUT2D eigenvalue weighted by Gasteiger charge is 2.11. The van der Waals surface area contributed by atoms with Crippen molar-refractivity contribution in [2.24, 2.45) is 0 Å². The van der Waals surface area contributed by atoms with E-state index in [1.54, 1.807) is 11.3 Å². The molecule has 0 saturated heterocycles. The lowest BCUT2D eigenvalue weighted by molar-refractivity contribution is -0.301. The molecule has 3 rings (SSSR count). The number of hydrogen-bond acceptors (Lipinski definition) is 5. The van der Waals surface area contributed by atoms with Gasteiger partial charge in [0, 0.05) is 10.7 Å². The molecule has 3 nitrogen and oxygen atoms in total. The molecule has 1 heterocycles. The lowest BCUT2D eigenvalue weighted by atomic mass is 10.1. The zero-order valence-corrected chi connectivity index (χ0v) is 15.0. The number of carboxylic acid groups (broad SMARTS) is 1. The van der Waals surface area contributed by atoms with Crippen LogP contribution in [0.15, 0.2) is 42.5 Å². The van der Waals surface area contributed by atoms with E-state index in [4.69, 9.17) is 0 Å². The van der Waals surface area contributed by atoms with Crippen LogP contribution in [0, 0.1) is 13.8 Å². The van der Waals surface area contributed by atoms with Crippen LogP contribution in [0.25, 0.3) is 21.2 Å². The van der Waals surface area contributed by atoms with Crippen molar-refractivity contribution in [1.82, 2.24) is 4.98 Å². The van der Waals surface area contributed by atoms with Crippen LogP contribution in [0.1, 0.15) is 21.7 Å². The summed E-state index contributed by atoms with van der Waals surface area (Å²) >= 11 is 2.83. The zero-order valence-electron chi connectivity index (χ0n) is 13.4. The summed E-state index contributed by atoms with van der Waals surface area (Å²) in [4.78, 5) is 16.4. The summed E-state index contributed by atoms with van der Waals surface area (Å²) in [6, 6.07) is 14.2. The molecule has 3 aromatic rings. The van der Waals surface area contributed by atoms with Crippen molar-refractivity contribution in [2.45, 2.75) is 13.8 Å². The predicted octanol–water partition coefficient (Wildman–Crippen LogP) is 3.89. The van der Waals surface area contributed by atoms with Gasteiger partial charge in [0.2, 0.25) is 0 Å². The summed E-state index contributed by atoms with van der Waals surface area (Å²) in [5.41, 5.74) is 4.32. The first-order valence-corrected chi connectivity index (χ1v) is 9.30. The van der Waals surface area contributed by atoms with E-state index >= 15 is 0 Å². The van der Waals surface area contributed by atoms with Crippen LogP contribution in [0.4, 0.5) is 0 Å². The molecule has 122 valence electrons. The van der Waals surface area contributed by atoms with Crippen molar-refractivity contribution in [2.75, 3.05) is 5.75 Å². The molecule has 0 spiro atoms. The number of para-hydroxylation sites is 1. The predicted molar refractivity (Wildman–Crippen MR) is 101 cm³/mol. The van der Waals surface area contributed by atoms with Gasteiger partial charge in [0.25, 0.3) is 0 Å².